The average Bonchev–Trinajstić information content (AvgIpc) is 3.23. The molecule has 11 heteroatoms. The third-order valence-electron chi connectivity index (χ3n) is 6.14. The summed E-state index contributed by atoms with van der Waals surface area (Å²) in [7, 11) is 1.47. The average molecular weight is 581 g/mol. The van der Waals surface area contributed by atoms with Crippen LogP contribution >= 0.6 is 11.3 Å². The van der Waals surface area contributed by atoms with Crippen molar-refractivity contribution in [3.05, 3.63) is 78.5 Å². The van der Waals surface area contributed by atoms with E-state index in [0.717, 1.165) is 0 Å². The minimum Gasteiger partial charge on any atom is -0.493 e. The Morgan fingerprint density at radius 2 is 1.68 bits per heavy atom. The molecule has 0 fully saturated rings. The fourth-order valence-electron chi connectivity index (χ4n) is 4.51. The molecule has 2 aromatic carbocycles. The molecule has 0 aliphatic carbocycles. The van der Waals surface area contributed by atoms with Crippen LogP contribution in [0, 0.1) is 0 Å². The van der Waals surface area contributed by atoms with Crippen molar-refractivity contribution < 1.29 is 33.3 Å². The van der Waals surface area contributed by atoms with Crippen LogP contribution in [0.2, 0.25) is 0 Å². The molecule has 0 saturated heterocycles. The molecule has 216 valence electrons. The van der Waals surface area contributed by atoms with Gasteiger partial charge >= 0.3 is 11.9 Å². The summed E-state index contributed by atoms with van der Waals surface area (Å²) in [5, 5.41) is 0. The summed E-state index contributed by atoms with van der Waals surface area (Å²) < 4.78 is 29.4. The highest BCUT2D eigenvalue weighted by atomic mass is 32.1. The van der Waals surface area contributed by atoms with Gasteiger partial charge in [0.1, 0.15) is 0 Å². The van der Waals surface area contributed by atoms with Crippen molar-refractivity contribution in [2.45, 2.75) is 40.7 Å². The van der Waals surface area contributed by atoms with Crippen LogP contribution in [0.25, 0.3) is 6.08 Å². The quantitative estimate of drug-likeness (QED) is 0.264. The van der Waals surface area contributed by atoms with Gasteiger partial charge in [0.05, 0.1) is 48.8 Å². The van der Waals surface area contributed by atoms with Gasteiger partial charge in [-0.05, 0) is 69.2 Å². The van der Waals surface area contributed by atoms with E-state index in [-0.39, 0.29) is 23.5 Å². The van der Waals surface area contributed by atoms with E-state index in [9.17, 15) is 14.4 Å². The Morgan fingerprint density at radius 3 is 2.34 bits per heavy atom. The molecule has 0 unspecified atom stereocenters. The first-order valence-corrected chi connectivity index (χ1v) is 14.0. The molecule has 10 nitrogen and oxygen atoms in total. The monoisotopic (exact) mass is 580 g/mol. The zero-order chi connectivity index (χ0) is 29.7. The first-order chi connectivity index (χ1) is 19.7. The number of benzene rings is 2. The van der Waals surface area contributed by atoms with Gasteiger partial charge in [0.25, 0.3) is 5.56 Å². The summed E-state index contributed by atoms with van der Waals surface area (Å²) in [6, 6.07) is 9.55. The van der Waals surface area contributed by atoms with Crippen LogP contribution in [-0.2, 0) is 14.3 Å². The van der Waals surface area contributed by atoms with Crippen molar-refractivity contribution >= 4 is 29.4 Å². The molecule has 1 aromatic heterocycles. The molecule has 0 spiro atoms. The molecule has 2 heterocycles. The number of nitrogens with zero attached hydrogens (tertiary/aromatic N) is 2. The van der Waals surface area contributed by atoms with Crippen molar-refractivity contribution in [1.82, 2.24) is 4.57 Å². The predicted octanol–water partition coefficient (Wildman–Crippen LogP) is 3.53. The Balaban J connectivity index is 1.91. The van der Waals surface area contributed by atoms with Gasteiger partial charge in [0.2, 0.25) is 0 Å². The van der Waals surface area contributed by atoms with Gasteiger partial charge in [-0.3, -0.25) is 14.2 Å². The predicted molar refractivity (Wildman–Crippen MR) is 153 cm³/mol. The number of hydrogen-bond acceptors (Lipinski definition) is 10. The number of fused-ring (bicyclic) bond motifs is 1. The summed E-state index contributed by atoms with van der Waals surface area (Å²) in [4.78, 5) is 43.6. The number of carbonyl (C=O) groups is 2. The van der Waals surface area contributed by atoms with E-state index >= 15 is 0 Å². The van der Waals surface area contributed by atoms with Gasteiger partial charge < -0.3 is 23.7 Å². The van der Waals surface area contributed by atoms with E-state index in [2.05, 4.69) is 4.99 Å². The highest BCUT2D eigenvalue weighted by Gasteiger charge is 2.34. The largest absolute Gasteiger partial charge is 0.493 e. The molecule has 1 atom stereocenters. The van der Waals surface area contributed by atoms with Crippen molar-refractivity contribution in [3.63, 3.8) is 0 Å². The lowest BCUT2D eigenvalue weighted by molar-refractivity contribution is -0.139. The Hall–Kier alpha value is -4.38. The molecule has 1 aliphatic heterocycles. The molecule has 0 N–H and O–H groups in total. The van der Waals surface area contributed by atoms with Gasteiger partial charge in [-0.2, -0.15) is 0 Å². The number of thiazole rings is 1. The third-order valence-corrected chi connectivity index (χ3v) is 7.12. The molecular formula is C30H32N2O8S. The fourth-order valence-corrected chi connectivity index (χ4v) is 5.56. The van der Waals surface area contributed by atoms with E-state index < -0.39 is 18.0 Å². The maximum absolute atomic E-state index is 13.9. The molecule has 1 aliphatic rings. The van der Waals surface area contributed by atoms with Crippen LogP contribution in [0.1, 0.15) is 51.8 Å². The molecule has 0 amide bonds. The summed E-state index contributed by atoms with van der Waals surface area (Å²) in [6.45, 7) is 9.54. The number of esters is 2. The van der Waals surface area contributed by atoms with E-state index in [1.807, 2.05) is 19.9 Å². The molecule has 0 bridgehead atoms. The van der Waals surface area contributed by atoms with E-state index in [1.54, 1.807) is 50.3 Å². The Kier molecular flexibility index (Phi) is 9.28. The number of allylic oxidation sites excluding steroid dienone is 1. The lowest BCUT2D eigenvalue weighted by Crippen LogP contribution is -2.40. The SMILES string of the molecule is CCOC(=O)C1=C(C)N=c2s/c(=C\c3ccc(OC(C)=O)c(OC)c3)c(=O)n2[C@H]1c1ccc(OCC)c(OCC)c1. The maximum atomic E-state index is 13.9. The topological polar surface area (TPSA) is 115 Å². The second-order valence-corrected chi connectivity index (χ2v) is 9.89. The number of methoxy groups -OCH3 is 1. The maximum Gasteiger partial charge on any atom is 0.338 e. The second kappa shape index (κ2) is 12.9. The smallest absolute Gasteiger partial charge is 0.338 e. The minimum absolute atomic E-state index is 0.172. The van der Waals surface area contributed by atoms with Gasteiger partial charge in [-0.25, -0.2) is 9.79 Å². The van der Waals surface area contributed by atoms with Crippen molar-refractivity contribution in [3.8, 4) is 23.0 Å². The first-order valence-electron chi connectivity index (χ1n) is 13.2. The lowest BCUT2D eigenvalue weighted by atomic mass is 9.95. The van der Waals surface area contributed by atoms with Crippen LogP contribution in [0.4, 0.5) is 0 Å². The van der Waals surface area contributed by atoms with Crippen molar-refractivity contribution in [1.29, 1.82) is 0 Å². The molecule has 4 rings (SSSR count). The van der Waals surface area contributed by atoms with E-state index in [1.165, 1.54) is 29.9 Å². The molecule has 0 saturated carbocycles. The highest BCUT2D eigenvalue weighted by molar-refractivity contribution is 7.07. The van der Waals surface area contributed by atoms with Gasteiger partial charge in [-0.15, -0.1) is 0 Å². The summed E-state index contributed by atoms with van der Waals surface area (Å²) in [5.41, 5.74) is 1.70. The summed E-state index contributed by atoms with van der Waals surface area (Å²) >= 11 is 1.20. The number of hydrogen-bond donors (Lipinski definition) is 0. The molecule has 0 radical (unpaired) electrons. The highest BCUT2D eigenvalue weighted by Crippen LogP contribution is 2.36. The Morgan fingerprint density at radius 1 is 0.976 bits per heavy atom. The van der Waals surface area contributed by atoms with Crippen LogP contribution in [-0.4, -0.2) is 43.4 Å². The molecule has 3 aromatic rings. The van der Waals surface area contributed by atoms with Crippen LogP contribution in [0.3, 0.4) is 0 Å². The summed E-state index contributed by atoms with van der Waals surface area (Å²) in [5.74, 6) is 0.665. The van der Waals surface area contributed by atoms with Crippen LogP contribution < -0.4 is 33.8 Å². The van der Waals surface area contributed by atoms with E-state index in [4.69, 9.17) is 23.7 Å². The number of ether oxygens (including phenoxy) is 5. The normalized spacial score (nSPS) is 14.7. The van der Waals surface area contributed by atoms with Crippen molar-refractivity contribution in [2.24, 2.45) is 4.99 Å². The number of aromatic nitrogens is 1. The number of carbonyl (C=O) groups excluding carboxylic acids is 2. The summed E-state index contributed by atoms with van der Waals surface area (Å²) in [6.07, 6.45) is 1.70. The van der Waals surface area contributed by atoms with E-state index in [0.29, 0.717) is 56.6 Å². The van der Waals surface area contributed by atoms with Crippen molar-refractivity contribution in [2.75, 3.05) is 26.9 Å². The minimum atomic E-state index is -0.803. The Labute approximate surface area is 241 Å². The van der Waals surface area contributed by atoms with Gasteiger partial charge in [0.15, 0.2) is 27.8 Å². The van der Waals surface area contributed by atoms with Gasteiger partial charge in [-0.1, -0.05) is 23.5 Å². The molecule has 41 heavy (non-hydrogen) atoms. The third kappa shape index (κ3) is 6.19. The first kappa shape index (κ1) is 29.6. The molecular weight excluding hydrogens is 548 g/mol. The van der Waals surface area contributed by atoms with Gasteiger partial charge in [0, 0.05) is 6.92 Å². The lowest BCUT2D eigenvalue weighted by Gasteiger charge is -2.25. The number of rotatable bonds is 10. The van der Waals surface area contributed by atoms with Crippen LogP contribution in [0.5, 0.6) is 23.0 Å². The standard InChI is InChI=1S/C30H32N2O8S/c1-7-37-21-13-11-20(16-24(21)38-8-2)27-26(29(35)39-9-3)17(4)31-30-32(27)28(34)25(41-30)15-19-10-12-22(40-18(5)33)23(14-19)36-6/h10-16,27H,7-9H2,1-6H3/b25-15-/t27-/m0/s1. The van der Waals surface area contributed by atoms with Crippen LogP contribution in [0.15, 0.2) is 57.5 Å². The second-order valence-electron chi connectivity index (χ2n) is 8.88. The Bertz CT molecular complexity index is 1690. The zero-order valence-electron chi connectivity index (χ0n) is 23.8. The zero-order valence-corrected chi connectivity index (χ0v) is 24.6. The fraction of sp³-hybridized carbons (Fsp3) is 0.333.